The summed E-state index contributed by atoms with van der Waals surface area (Å²) < 4.78 is 18.8. The van der Waals surface area contributed by atoms with Crippen LogP contribution in [-0.4, -0.2) is 41.8 Å². The summed E-state index contributed by atoms with van der Waals surface area (Å²) in [6, 6.07) is 0. The molecule has 0 aromatic carbocycles. The number of methoxy groups -OCH3 is 3. The molecule has 0 radical (unpaired) electrons. The Hall–Kier alpha value is -1.79. The summed E-state index contributed by atoms with van der Waals surface area (Å²) in [6.45, 7) is 5.27. The molecule has 2 rings (SSSR count). The summed E-state index contributed by atoms with van der Waals surface area (Å²) in [5, 5.41) is 11.4. The van der Waals surface area contributed by atoms with Gasteiger partial charge in [0.1, 0.15) is 5.82 Å². The van der Waals surface area contributed by atoms with E-state index in [9.17, 15) is 5.11 Å². The number of hydrogen-bond donors (Lipinski definition) is 1. The highest BCUT2D eigenvalue weighted by atomic mass is 16.6. The van der Waals surface area contributed by atoms with Crippen LogP contribution in [-0.2, 0) is 27.2 Å². The molecule has 0 amide bonds. The van der Waals surface area contributed by atoms with E-state index in [0.717, 1.165) is 50.0 Å². The van der Waals surface area contributed by atoms with Gasteiger partial charge in [-0.2, -0.15) is 0 Å². The number of allylic oxidation sites excluding steroid dienone is 1. The van der Waals surface area contributed by atoms with E-state index in [1.807, 2.05) is 18.5 Å². The van der Waals surface area contributed by atoms with Gasteiger partial charge in [-0.05, 0) is 24.5 Å². The van der Waals surface area contributed by atoms with Gasteiger partial charge in [0.15, 0.2) is 11.5 Å². The molecule has 1 aliphatic rings. The van der Waals surface area contributed by atoms with Gasteiger partial charge in [0.05, 0.1) is 14.2 Å². The van der Waals surface area contributed by atoms with E-state index in [2.05, 4.69) is 23.4 Å². The fourth-order valence-electron chi connectivity index (χ4n) is 3.74. The number of hydrogen-bond acceptors (Lipinski definition) is 5. The normalized spacial score (nSPS) is 22.7. The number of unbranched alkanes of at least 4 members (excludes halogenated alkanes) is 2. The molecule has 0 saturated carbocycles. The third-order valence-electron chi connectivity index (χ3n) is 5.28. The van der Waals surface area contributed by atoms with Crippen molar-refractivity contribution in [3.8, 4) is 0 Å². The van der Waals surface area contributed by atoms with Gasteiger partial charge in [-0.3, -0.25) is 0 Å². The first-order valence-corrected chi connectivity index (χ1v) is 9.86. The third kappa shape index (κ3) is 4.55. The lowest BCUT2D eigenvalue weighted by atomic mass is 9.79. The predicted molar refractivity (Wildman–Crippen MR) is 105 cm³/mol. The molecule has 6 heteroatoms. The molecular weight excluding hydrogens is 344 g/mol. The van der Waals surface area contributed by atoms with Crippen molar-refractivity contribution in [1.29, 1.82) is 0 Å². The number of ether oxygens (including phenoxy) is 3. The predicted octanol–water partition coefficient (Wildman–Crippen LogP) is 3.81. The molecule has 27 heavy (non-hydrogen) atoms. The van der Waals surface area contributed by atoms with Gasteiger partial charge in [0, 0.05) is 38.4 Å². The van der Waals surface area contributed by atoms with Crippen LogP contribution in [0.3, 0.4) is 0 Å². The summed E-state index contributed by atoms with van der Waals surface area (Å²) in [5.41, 5.74) is 1.05. The Balaban J connectivity index is 2.42. The van der Waals surface area contributed by atoms with Crippen LogP contribution in [0.2, 0.25) is 0 Å². The summed E-state index contributed by atoms with van der Waals surface area (Å²) in [4.78, 5) is 4.55. The van der Waals surface area contributed by atoms with Gasteiger partial charge < -0.3 is 23.9 Å². The monoisotopic (exact) mass is 378 g/mol. The Morgan fingerprint density at radius 3 is 2.48 bits per heavy atom. The Labute approximate surface area is 162 Å². The molecule has 0 aliphatic heterocycles. The van der Waals surface area contributed by atoms with Crippen LogP contribution >= 0.6 is 0 Å². The van der Waals surface area contributed by atoms with Gasteiger partial charge in [-0.25, -0.2) is 4.98 Å². The largest absolute Gasteiger partial charge is 0.493 e. The molecule has 0 saturated heterocycles. The fourth-order valence-corrected chi connectivity index (χ4v) is 3.74. The number of imidazole rings is 1. The minimum atomic E-state index is -1.54. The topological polar surface area (TPSA) is 65.7 Å². The summed E-state index contributed by atoms with van der Waals surface area (Å²) in [7, 11) is 4.62. The average molecular weight is 379 g/mol. The lowest BCUT2D eigenvalue weighted by molar-refractivity contribution is -0.212. The van der Waals surface area contributed by atoms with Gasteiger partial charge in [0.25, 0.3) is 0 Å². The lowest BCUT2D eigenvalue weighted by Crippen LogP contribution is -2.46. The van der Waals surface area contributed by atoms with Crippen molar-refractivity contribution in [2.75, 3.05) is 21.3 Å². The first-order valence-electron chi connectivity index (χ1n) is 9.86. The molecule has 152 valence electrons. The van der Waals surface area contributed by atoms with Crippen LogP contribution in [0.5, 0.6) is 0 Å². The maximum Gasteiger partial charge on any atom is 0.235 e. The van der Waals surface area contributed by atoms with E-state index in [1.165, 1.54) is 14.2 Å². The van der Waals surface area contributed by atoms with Crippen LogP contribution in [0.1, 0.15) is 51.8 Å². The smallest absolute Gasteiger partial charge is 0.235 e. The van der Waals surface area contributed by atoms with E-state index in [4.69, 9.17) is 14.2 Å². The molecule has 6 nitrogen and oxygen atoms in total. The zero-order valence-electron chi connectivity index (χ0n) is 17.3. The van der Waals surface area contributed by atoms with Crippen molar-refractivity contribution in [3.63, 3.8) is 0 Å². The number of rotatable bonds is 11. The van der Waals surface area contributed by atoms with E-state index >= 15 is 0 Å². The van der Waals surface area contributed by atoms with Crippen LogP contribution in [0.25, 0.3) is 0 Å². The molecule has 1 aliphatic carbocycles. The third-order valence-corrected chi connectivity index (χ3v) is 5.28. The van der Waals surface area contributed by atoms with E-state index in [0.29, 0.717) is 17.9 Å². The van der Waals surface area contributed by atoms with Gasteiger partial charge in [-0.15, -0.1) is 0 Å². The van der Waals surface area contributed by atoms with E-state index in [1.54, 1.807) is 7.11 Å². The Morgan fingerprint density at radius 2 is 1.89 bits per heavy atom. The molecule has 1 aromatic heterocycles. The minimum absolute atomic E-state index is 0.215. The summed E-state index contributed by atoms with van der Waals surface area (Å²) in [5.74, 6) is 0.0572. The van der Waals surface area contributed by atoms with Crippen molar-refractivity contribution in [2.24, 2.45) is 5.92 Å². The maximum atomic E-state index is 11.4. The quantitative estimate of drug-likeness (QED) is 0.593. The van der Waals surface area contributed by atoms with E-state index in [-0.39, 0.29) is 5.92 Å². The molecule has 1 heterocycles. The van der Waals surface area contributed by atoms with Crippen molar-refractivity contribution < 1.29 is 19.3 Å². The number of nitrogens with zero attached hydrogens (tertiary/aromatic N) is 2. The number of aromatic nitrogens is 2. The Bertz CT molecular complexity index is 665. The van der Waals surface area contributed by atoms with Gasteiger partial charge in [-0.1, -0.05) is 33.1 Å². The van der Waals surface area contributed by atoms with Crippen molar-refractivity contribution >= 4 is 0 Å². The molecular formula is C21H34N2O4. The van der Waals surface area contributed by atoms with Crippen molar-refractivity contribution in [1.82, 2.24) is 9.55 Å². The first kappa shape index (κ1) is 21.5. The van der Waals surface area contributed by atoms with Gasteiger partial charge >= 0.3 is 0 Å². The molecule has 2 atom stereocenters. The highest BCUT2D eigenvalue weighted by Gasteiger charge is 2.48. The second-order valence-corrected chi connectivity index (χ2v) is 6.98. The van der Waals surface area contributed by atoms with Crippen molar-refractivity contribution in [3.05, 3.63) is 41.4 Å². The standard InChI is InChI=1S/C21H34N2O4/c1-6-8-10-17-16(15-19-22-11-13-23(19)12-9-7-2)14-18(25-3)20(26-4)21(17,24)27-5/h11,13-14,17,24H,6-10,12,15H2,1-5H3. The first-order chi connectivity index (χ1) is 13.0. The van der Waals surface area contributed by atoms with Crippen LogP contribution in [0.4, 0.5) is 0 Å². The number of aryl methyl sites for hydroxylation is 1. The molecule has 0 fully saturated rings. The fraction of sp³-hybridized carbons (Fsp3) is 0.667. The average Bonchev–Trinajstić information content (AvgIpc) is 3.12. The molecule has 1 N–H and O–H groups in total. The summed E-state index contributed by atoms with van der Waals surface area (Å²) in [6.07, 6.45) is 11.5. The highest BCUT2D eigenvalue weighted by molar-refractivity contribution is 5.36. The molecule has 0 spiro atoms. The maximum absolute atomic E-state index is 11.4. The second kappa shape index (κ2) is 9.95. The molecule has 1 aromatic rings. The molecule has 0 bridgehead atoms. The van der Waals surface area contributed by atoms with E-state index < -0.39 is 5.79 Å². The Morgan fingerprint density at radius 1 is 1.15 bits per heavy atom. The lowest BCUT2D eigenvalue weighted by Gasteiger charge is -2.40. The van der Waals surface area contributed by atoms with Crippen LogP contribution in [0, 0.1) is 5.92 Å². The minimum Gasteiger partial charge on any atom is -0.493 e. The number of aliphatic hydroxyl groups is 1. The van der Waals surface area contributed by atoms with Crippen LogP contribution in [0.15, 0.2) is 35.6 Å². The second-order valence-electron chi connectivity index (χ2n) is 6.98. The van der Waals surface area contributed by atoms with Gasteiger partial charge in [0.2, 0.25) is 5.79 Å². The van der Waals surface area contributed by atoms with Crippen LogP contribution < -0.4 is 0 Å². The SMILES string of the molecule is CCCCC1C(Cc2nccn2CCCC)=CC(OC)=C(OC)C1(O)OC. The Kier molecular flexibility index (Phi) is 7.92. The summed E-state index contributed by atoms with van der Waals surface area (Å²) >= 11 is 0. The zero-order valence-corrected chi connectivity index (χ0v) is 17.3. The zero-order chi connectivity index (χ0) is 19.9. The highest BCUT2D eigenvalue weighted by Crippen LogP contribution is 2.43. The molecule has 2 unspecified atom stereocenters. The van der Waals surface area contributed by atoms with Crippen molar-refractivity contribution in [2.45, 2.75) is 64.7 Å².